The molecule has 1 aromatic heterocycles. The van der Waals surface area contributed by atoms with E-state index in [0.29, 0.717) is 33.1 Å². The monoisotopic (exact) mass is 458 g/mol. The van der Waals surface area contributed by atoms with Crippen molar-refractivity contribution in [2.45, 2.75) is 17.8 Å². The van der Waals surface area contributed by atoms with Crippen LogP contribution in [-0.2, 0) is 11.3 Å². The van der Waals surface area contributed by atoms with E-state index in [1.54, 1.807) is 18.2 Å². The fourth-order valence-electron chi connectivity index (χ4n) is 2.55. The fraction of sp³-hybridized carbons (Fsp3) is 0.238. The van der Waals surface area contributed by atoms with Gasteiger partial charge in [-0.3, -0.25) is 14.9 Å². The van der Waals surface area contributed by atoms with Crippen LogP contribution < -0.4 is 20.1 Å². The Labute approximate surface area is 188 Å². The Hall–Kier alpha value is -3.11. The lowest BCUT2D eigenvalue weighted by molar-refractivity contribution is -0.118. The number of thioether (sulfide) groups is 1. The van der Waals surface area contributed by atoms with Crippen LogP contribution in [0.3, 0.4) is 0 Å². The zero-order chi connectivity index (χ0) is 22.2. The predicted molar refractivity (Wildman–Crippen MR) is 121 cm³/mol. The van der Waals surface area contributed by atoms with Gasteiger partial charge in [0.05, 0.1) is 20.0 Å². The average Bonchev–Trinajstić information content (AvgIpc) is 3.24. The third-order valence-electron chi connectivity index (χ3n) is 4.21. The lowest BCUT2D eigenvalue weighted by Crippen LogP contribution is -2.24. The average molecular weight is 459 g/mol. The Morgan fingerprint density at radius 2 is 1.77 bits per heavy atom. The molecule has 0 fully saturated rings. The molecule has 2 amide bonds. The fourth-order valence-corrected chi connectivity index (χ4v) is 4.13. The number of nitrogens with one attached hydrogen (secondary N) is 2. The van der Waals surface area contributed by atoms with Crippen LogP contribution in [0.4, 0.5) is 5.13 Å². The summed E-state index contributed by atoms with van der Waals surface area (Å²) in [6.07, 6.45) is 0. The minimum atomic E-state index is -0.343. The number of anilines is 1. The van der Waals surface area contributed by atoms with E-state index < -0.39 is 0 Å². The normalized spacial score (nSPS) is 10.4. The highest BCUT2D eigenvalue weighted by molar-refractivity contribution is 8.01. The van der Waals surface area contributed by atoms with Crippen molar-refractivity contribution >= 4 is 40.0 Å². The maximum atomic E-state index is 12.5. The molecule has 0 spiro atoms. The van der Waals surface area contributed by atoms with Crippen LogP contribution in [-0.4, -0.2) is 42.0 Å². The second-order valence-corrected chi connectivity index (χ2v) is 8.65. The van der Waals surface area contributed by atoms with Crippen molar-refractivity contribution in [3.8, 4) is 11.5 Å². The number of hydrogen-bond acceptors (Lipinski definition) is 8. The van der Waals surface area contributed by atoms with Gasteiger partial charge in [-0.15, -0.1) is 10.2 Å². The van der Waals surface area contributed by atoms with Crippen molar-refractivity contribution in [3.05, 3.63) is 59.2 Å². The van der Waals surface area contributed by atoms with Crippen LogP contribution in [0.15, 0.2) is 46.8 Å². The number of methoxy groups -OCH3 is 2. The standard InChI is InChI=1S/C21H22N4O4S2/c1-13-4-6-14(7-5-13)11-22-18(26)12-30-21-25-24-20(31-21)23-19(27)15-8-9-16(28-2)17(10-15)29-3/h4-10H,11-12H2,1-3H3,(H,22,26)(H,23,24,27). The first-order valence-corrected chi connectivity index (χ1v) is 11.1. The number of nitrogens with zero attached hydrogens (tertiary/aromatic N) is 2. The molecule has 3 rings (SSSR count). The number of benzene rings is 2. The van der Waals surface area contributed by atoms with E-state index in [1.807, 2.05) is 31.2 Å². The summed E-state index contributed by atoms with van der Waals surface area (Å²) in [5, 5.41) is 13.9. The van der Waals surface area contributed by atoms with Gasteiger partial charge in [-0.25, -0.2) is 0 Å². The Kier molecular flexibility index (Phi) is 7.85. The highest BCUT2D eigenvalue weighted by Gasteiger charge is 2.14. The van der Waals surface area contributed by atoms with Gasteiger partial charge in [-0.2, -0.15) is 0 Å². The Balaban J connectivity index is 1.49. The third kappa shape index (κ3) is 6.43. The zero-order valence-corrected chi connectivity index (χ0v) is 18.9. The topological polar surface area (TPSA) is 102 Å². The first kappa shape index (κ1) is 22.6. The second-order valence-electron chi connectivity index (χ2n) is 6.45. The van der Waals surface area contributed by atoms with E-state index in [9.17, 15) is 9.59 Å². The molecule has 2 aromatic carbocycles. The summed E-state index contributed by atoms with van der Waals surface area (Å²) in [6, 6.07) is 12.9. The van der Waals surface area contributed by atoms with Crippen molar-refractivity contribution < 1.29 is 19.1 Å². The SMILES string of the molecule is COc1ccc(C(=O)Nc2nnc(SCC(=O)NCc3ccc(C)cc3)s2)cc1OC. The van der Waals surface area contributed by atoms with Crippen LogP contribution in [0.2, 0.25) is 0 Å². The van der Waals surface area contributed by atoms with Gasteiger partial charge in [0.2, 0.25) is 11.0 Å². The van der Waals surface area contributed by atoms with Gasteiger partial charge in [0, 0.05) is 12.1 Å². The van der Waals surface area contributed by atoms with Gasteiger partial charge >= 0.3 is 0 Å². The molecule has 0 saturated heterocycles. The minimum Gasteiger partial charge on any atom is -0.493 e. The molecule has 0 radical (unpaired) electrons. The molecule has 10 heteroatoms. The lowest BCUT2D eigenvalue weighted by atomic mass is 10.1. The maximum absolute atomic E-state index is 12.5. The third-order valence-corrected chi connectivity index (χ3v) is 6.18. The first-order chi connectivity index (χ1) is 15.0. The second kappa shape index (κ2) is 10.8. The van der Waals surface area contributed by atoms with E-state index in [2.05, 4.69) is 20.8 Å². The number of rotatable bonds is 9. The number of hydrogen-bond donors (Lipinski definition) is 2. The predicted octanol–water partition coefficient (Wildman–Crippen LogP) is 3.52. The molecule has 1 heterocycles. The molecule has 0 atom stereocenters. The number of aryl methyl sites for hydroxylation is 1. The largest absolute Gasteiger partial charge is 0.493 e. The molecule has 2 N–H and O–H groups in total. The molecule has 0 bridgehead atoms. The van der Waals surface area contributed by atoms with Gasteiger partial charge in [0.25, 0.3) is 5.91 Å². The molecular weight excluding hydrogens is 436 g/mol. The molecule has 0 aliphatic heterocycles. The highest BCUT2D eigenvalue weighted by atomic mass is 32.2. The zero-order valence-electron chi connectivity index (χ0n) is 17.3. The summed E-state index contributed by atoms with van der Waals surface area (Å²) in [5.41, 5.74) is 2.62. The van der Waals surface area contributed by atoms with E-state index in [1.165, 1.54) is 42.9 Å². The van der Waals surface area contributed by atoms with E-state index in [-0.39, 0.29) is 17.6 Å². The number of amides is 2. The van der Waals surface area contributed by atoms with Gasteiger partial charge < -0.3 is 14.8 Å². The lowest BCUT2D eigenvalue weighted by Gasteiger charge is -2.08. The van der Waals surface area contributed by atoms with Gasteiger partial charge in [0.1, 0.15) is 0 Å². The van der Waals surface area contributed by atoms with Crippen molar-refractivity contribution in [1.82, 2.24) is 15.5 Å². The van der Waals surface area contributed by atoms with Gasteiger partial charge in [0.15, 0.2) is 15.8 Å². The summed E-state index contributed by atoms with van der Waals surface area (Å²) < 4.78 is 11.0. The number of carbonyl (C=O) groups excluding carboxylic acids is 2. The molecular formula is C21H22N4O4S2. The Morgan fingerprint density at radius 1 is 1.03 bits per heavy atom. The number of carbonyl (C=O) groups is 2. The molecule has 3 aromatic rings. The van der Waals surface area contributed by atoms with Crippen LogP contribution in [0, 0.1) is 6.92 Å². The summed E-state index contributed by atoms with van der Waals surface area (Å²) in [6.45, 7) is 2.49. The van der Waals surface area contributed by atoms with Crippen molar-refractivity contribution in [2.24, 2.45) is 0 Å². The van der Waals surface area contributed by atoms with Crippen LogP contribution in [0.1, 0.15) is 21.5 Å². The van der Waals surface area contributed by atoms with E-state index in [0.717, 1.165) is 5.56 Å². The summed E-state index contributed by atoms with van der Waals surface area (Å²) in [4.78, 5) is 24.5. The van der Waals surface area contributed by atoms with Gasteiger partial charge in [-0.05, 0) is 30.7 Å². The molecule has 0 aliphatic carbocycles. The maximum Gasteiger partial charge on any atom is 0.257 e. The van der Waals surface area contributed by atoms with Gasteiger partial charge in [-0.1, -0.05) is 52.9 Å². The Bertz CT molecular complexity index is 1050. The molecule has 162 valence electrons. The van der Waals surface area contributed by atoms with Crippen molar-refractivity contribution in [2.75, 3.05) is 25.3 Å². The first-order valence-electron chi connectivity index (χ1n) is 9.30. The van der Waals surface area contributed by atoms with Crippen LogP contribution in [0.5, 0.6) is 11.5 Å². The highest BCUT2D eigenvalue weighted by Crippen LogP contribution is 2.29. The molecule has 0 aliphatic rings. The van der Waals surface area contributed by atoms with Crippen molar-refractivity contribution in [3.63, 3.8) is 0 Å². The van der Waals surface area contributed by atoms with Crippen LogP contribution >= 0.6 is 23.1 Å². The molecule has 31 heavy (non-hydrogen) atoms. The minimum absolute atomic E-state index is 0.100. The molecule has 0 unspecified atom stereocenters. The van der Waals surface area contributed by atoms with Crippen molar-refractivity contribution in [1.29, 1.82) is 0 Å². The van der Waals surface area contributed by atoms with E-state index in [4.69, 9.17) is 9.47 Å². The summed E-state index contributed by atoms with van der Waals surface area (Å²) in [7, 11) is 3.03. The quantitative estimate of drug-likeness (QED) is 0.374. The number of ether oxygens (including phenoxy) is 2. The van der Waals surface area contributed by atoms with Crippen LogP contribution in [0.25, 0.3) is 0 Å². The smallest absolute Gasteiger partial charge is 0.257 e. The van der Waals surface area contributed by atoms with E-state index >= 15 is 0 Å². The summed E-state index contributed by atoms with van der Waals surface area (Å²) >= 11 is 2.47. The number of aromatic nitrogens is 2. The molecule has 8 nitrogen and oxygen atoms in total. The molecule has 0 saturated carbocycles. The summed E-state index contributed by atoms with van der Waals surface area (Å²) in [5.74, 6) is 0.764. The Morgan fingerprint density at radius 3 is 2.48 bits per heavy atom.